The van der Waals surface area contributed by atoms with Crippen molar-refractivity contribution in [3.05, 3.63) is 80.7 Å². The molecule has 0 fully saturated rings. The number of esters is 1. The first-order valence-corrected chi connectivity index (χ1v) is 11.6. The molecule has 2 aromatic carbocycles. The van der Waals surface area contributed by atoms with Gasteiger partial charge in [0.05, 0.1) is 5.56 Å². The van der Waals surface area contributed by atoms with E-state index in [0.29, 0.717) is 27.4 Å². The number of hydrogen-bond acceptors (Lipinski definition) is 7. The summed E-state index contributed by atoms with van der Waals surface area (Å²) < 4.78 is 5.37. The maximum atomic E-state index is 12.9. The van der Waals surface area contributed by atoms with Crippen molar-refractivity contribution in [3.63, 3.8) is 0 Å². The molecule has 1 aliphatic rings. The summed E-state index contributed by atoms with van der Waals surface area (Å²) in [4.78, 5) is 63.5. The molecule has 0 unspecified atom stereocenters. The summed E-state index contributed by atoms with van der Waals surface area (Å²) in [6, 6.07) is 11.0. The van der Waals surface area contributed by atoms with Gasteiger partial charge in [-0.05, 0) is 44.5 Å². The van der Waals surface area contributed by atoms with Crippen molar-refractivity contribution >= 4 is 51.4 Å². The number of ether oxygens (including phenoxy) is 1. The molecule has 1 atom stereocenters. The predicted molar refractivity (Wildman–Crippen MR) is 131 cm³/mol. The molecule has 0 saturated heterocycles. The fourth-order valence-corrected chi connectivity index (χ4v) is 4.91. The smallest absolute Gasteiger partial charge is 0.342 e. The molecule has 178 valence electrons. The lowest BCUT2D eigenvalue weighted by Crippen LogP contribution is -2.30. The zero-order valence-corrected chi connectivity index (χ0v) is 20.3. The average molecular weight is 491 g/mol. The Labute approximate surface area is 205 Å². The van der Waals surface area contributed by atoms with Crippen LogP contribution < -0.4 is 10.6 Å². The van der Waals surface area contributed by atoms with Crippen molar-refractivity contribution in [2.75, 3.05) is 10.6 Å². The van der Waals surface area contributed by atoms with Gasteiger partial charge in [0.1, 0.15) is 5.00 Å². The molecule has 0 bridgehead atoms. The number of benzene rings is 2. The number of rotatable bonds is 5. The Bertz CT molecular complexity index is 1420. The Hall–Kier alpha value is -4.11. The standard InChI is InChI=1S/C26H22N2O6S/c1-12-14(3)35-25(27-15(4)29)21(12)26(33)34-13(2)24(32)28-16-9-10-19-20(11-16)23(31)18-8-6-5-7-17(18)22(19)30/h5-11,13H,1-4H3,(H,27,29)(H,28,32)/t13-/m0/s1. The monoisotopic (exact) mass is 490 g/mol. The van der Waals surface area contributed by atoms with Gasteiger partial charge in [-0.1, -0.05) is 24.3 Å². The lowest BCUT2D eigenvalue weighted by atomic mass is 9.84. The van der Waals surface area contributed by atoms with E-state index in [9.17, 15) is 24.0 Å². The van der Waals surface area contributed by atoms with E-state index in [1.807, 2.05) is 6.92 Å². The van der Waals surface area contributed by atoms with Gasteiger partial charge in [0.15, 0.2) is 17.7 Å². The highest BCUT2D eigenvalue weighted by Crippen LogP contribution is 2.33. The van der Waals surface area contributed by atoms with Gasteiger partial charge < -0.3 is 15.4 Å². The molecule has 8 nitrogen and oxygen atoms in total. The van der Waals surface area contributed by atoms with Crippen LogP contribution in [0.1, 0.15) is 66.5 Å². The van der Waals surface area contributed by atoms with Crippen LogP contribution in [0.15, 0.2) is 42.5 Å². The molecule has 1 aliphatic carbocycles. The third-order valence-electron chi connectivity index (χ3n) is 5.72. The van der Waals surface area contributed by atoms with Crippen LogP contribution in [0.2, 0.25) is 0 Å². The zero-order valence-electron chi connectivity index (χ0n) is 19.5. The fourth-order valence-electron chi connectivity index (χ4n) is 3.81. The highest BCUT2D eigenvalue weighted by atomic mass is 32.1. The normalized spacial score (nSPS) is 12.9. The van der Waals surface area contributed by atoms with Crippen molar-refractivity contribution in [3.8, 4) is 0 Å². The Morgan fingerprint density at radius 1 is 0.886 bits per heavy atom. The average Bonchev–Trinajstić information content (AvgIpc) is 3.09. The van der Waals surface area contributed by atoms with Gasteiger partial charge in [-0.25, -0.2) is 4.79 Å². The van der Waals surface area contributed by atoms with E-state index in [1.54, 1.807) is 31.2 Å². The molecule has 0 radical (unpaired) electrons. The molecule has 9 heteroatoms. The SMILES string of the molecule is CC(=O)Nc1sc(C)c(C)c1C(=O)O[C@@H](C)C(=O)Nc1ccc2c(c1)C(=O)c1ccccc1C2=O. The Morgan fingerprint density at radius 3 is 2.11 bits per heavy atom. The minimum absolute atomic E-state index is 0.195. The van der Waals surface area contributed by atoms with Crippen molar-refractivity contribution in [1.82, 2.24) is 0 Å². The number of ketones is 2. The number of carbonyl (C=O) groups excluding carboxylic acids is 5. The number of nitrogens with one attached hydrogen (secondary N) is 2. The van der Waals surface area contributed by atoms with Crippen LogP contribution in [-0.2, 0) is 14.3 Å². The Kier molecular flexibility index (Phi) is 6.36. The maximum Gasteiger partial charge on any atom is 0.342 e. The van der Waals surface area contributed by atoms with Crippen LogP contribution in [0.25, 0.3) is 0 Å². The topological polar surface area (TPSA) is 119 Å². The van der Waals surface area contributed by atoms with E-state index in [2.05, 4.69) is 10.6 Å². The number of aryl methyl sites for hydroxylation is 1. The third kappa shape index (κ3) is 4.50. The van der Waals surface area contributed by atoms with E-state index < -0.39 is 18.0 Å². The van der Waals surface area contributed by atoms with E-state index in [1.165, 1.54) is 43.4 Å². The first kappa shape index (κ1) is 24.0. The van der Waals surface area contributed by atoms with Gasteiger partial charge in [-0.3, -0.25) is 19.2 Å². The Balaban J connectivity index is 1.50. The summed E-state index contributed by atoms with van der Waals surface area (Å²) in [6.07, 6.45) is -1.17. The molecular weight excluding hydrogens is 468 g/mol. The molecule has 3 aromatic rings. The summed E-state index contributed by atoms with van der Waals surface area (Å²) in [7, 11) is 0. The van der Waals surface area contributed by atoms with Crippen molar-refractivity contribution in [1.29, 1.82) is 0 Å². The second-order valence-corrected chi connectivity index (χ2v) is 9.39. The van der Waals surface area contributed by atoms with Gasteiger partial charge in [0.2, 0.25) is 5.91 Å². The molecule has 4 rings (SSSR count). The number of amides is 2. The van der Waals surface area contributed by atoms with Crippen molar-refractivity contribution in [2.45, 2.75) is 33.8 Å². The van der Waals surface area contributed by atoms with E-state index in [4.69, 9.17) is 4.74 Å². The van der Waals surface area contributed by atoms with Gasteiger partial charge in [-0.15, -0.1) is 11.3 Å². The van der Waals surface area contributed by atoms with Crippen LogP contribution in [0.5, 0.6) is 0 Å². The Morgan fingerprint density at radius 2 is 1.49 bits per heavy atom. The van der Waals surface area contributed by atoms with Crippen molar-refractivity contribution < 1.29 is 28.7 Å². The first-order chi connectivity index (χ1) is 16.6. The second kappa shape index (κ2) is 9.27. The largest absolute Gasteiger partial charge is 0.449 e. The summed E-state index contributed by atoms with van der Waals surface area (Å²) in [5.41, 5.74) is 2.28. The van der Waals surface area contributed by atoms with E-state index in [0.717, 1.165) is 4.88 Å². The van der Waals surface area contributed by atoms with Gasteiger partial charge in [0.25, 0.3) is 5.91 Å². The fraction of sp³-hybridized carbons (Fsp3) is 0.192. The van der Waals surface area contributed by atoms with Crippen LogP contribution in [0, 0.1) is 13.8 Å². The lowest BCUT2D eigenvalue weighted by Gasteiger charge is -2.19. The predicted octanol–water partition coefficient (Wildman–Crippen LogP) is 4.28. The number of hydrogen-bond donors (Lipinski definition) is 2. The van der Waals surface area contributed by atoms with E-state index >= 15 is 0 Å². The molecule has 35 heavy (non-hydrogen) atoms. The van der Waals surface area contributed by atoms with Crippen LogP contribution in [-0.4, -0.2) is 35.5 Å². The first-order valence-electron chi connectivity index (χ1n) is 10.8. The molecule has 0 spiro atoms. The lowest BCUT2D eigenvalue weighted by molar-refractivity contribution is -0.123. The molecule has 0 saturated carbocycles. The van der Waals surface area contributed by atoms with Gasteiger partial charge in [-0.2, -0.15) is 0 Å². The summed E-state index contributed by atoms with van der Waals surface area (Å²) in [5, 5.41) is 5.61. The minimum atomic E-state index is -1.17. The summed E-state index contributed by atoms with van der Waals surface area (Å²) in [5.74, 6) is -2.24. The number of thiophene rings is 1. The highest BCUT2D eigenvalue weighted by molar-refractivity contribution is 7.16. The molecule has 2 N–H and O–H groups in total. The maximum absolute atomic E-state index is 12.9. The summed E-state index contributed by atoms with van der Waals surface area (Å²) in [6.45, 7) is 6.31. The highest BCUT2D eigenvalue weighted by Gasteiger charge is 2.30. The van der Waals surface area contributed by atoms with Crippen LogP contribution in [0.3, 0.4) is 0 Å². The van der Waals surface area contributed by atoms with E-state index in [-0.39, 0.29) is 34.2 Å². The van der Waals surface area contributed by atoms with Crippen LogP contribution in [0.4, 0.5) is 10.7 Å². The van der Waals surface area contributed by atoms with Gasteiger partial charge in [0, 0.05) is 39.7 Å². The second-order valence-electron chi connectivity index (χ2n) is 8.17. The summed E-state index contributed by atoms with van der Waals surface area (Å²) >= 11 is 1.25. The quantitative estimate of drug-likeness (QED) is 0.403. The number of fused-ring (bicyclic) bond motifs is 2. The molecule has 0 aliphatic heterocycles. The number of anilines is 2. The molecule has 1 aromatic heterocycles. The molecule has 2 amide bonds. The number of carbonyl (C=O) groups is 5. The van der Waals surface area contributed by atoms with Crippen molar-refractivity contribution in [2.24, 2.45) is 0 Å². The third-order valence-corrected chi connectivity index (χ3v) is 6.85. The van der Waals surface area contributed by atoms with Crippen LogP contribution >= 0.6 is 11.3 Å². The molecule has 1 heterocycles. The zero-order chi connectivity index (χ0) is 25.4. The van der Waals surface area contributed by atoms with Gasteiger partial charge >= 0.3 is 5.97 Å². The minimum Gasteiger partial charge on any atom is -0.449 e. The molecular formula is C26H22N2O6S.